The highest BCUT2D eigenvalue weighted by molar-refractivity contribution is 8.18. The number of amidine groups is 1. The van der Waals surface area contributed by atoms with Gasteiger partial charge in [-0.1, -0.05) is 18.2 Å². The van der Waals surface area contributed by atoms with Crippen molar-refractivity contribution in [1.29, 1.82) is 0 Å². The minimum atomic E-state index is -0.234. The van der Waals surface area contributed by atoms with Crippen LogP contribution in [0.2, 0.25) is 0 Å². The summed E-state index contributed by atoms with van der Waals surface area (Å²) in [5.74, 6) is 1.35. The van der Waals surface area contributed by atoms with Crippen molar-refractivity contribution in [3.8, 4) is 17.2 Å². The van der Waals surface area contributed by atoms with Gasteiger partial charge in [0.05, 0.1) is 26.2 Å². The Bertz CT molecular complexity index is 1010. The van der Waals surface area contributed by atoms with Gasteiger partial charge in [-0.3, -0.25) is 4.79 Å². The number of rotatable bonds is 5. The molecule has 0 aliphatic carbocycles. The zero-order valence-electron chi connectivity index (χ0n) is 17.8. The minimum absolute atomic E-state index is 0.234. The number of ether oxygens (including phenoxy) is 3. The molecule has 0 atom stereocenters. The standard InChI is InChI=1S/C23H25N3O4S/c1-28-18-10-9-16(20(29-2)21(18)30-3)15-19-22(27)24-23(31-19)26-13-11-25(12-14-26)17-7-5-4-6-8-17/h4-10,15H,11-14H2,1-3H3/b19-15+. The molecule has 1 amide bonds. The maximum Gasteiger partial charge on any atom is 0.286 e. The molecule has 0 saturated carbocycles. The van der Waals surface area contributed by atoms with Crippen molar-refractivity contribution >= 4 is 34.6 Å². The average Bonchev–Trinajstić information content (AvgIpc) is 3.19. The molecule has 0 spiro atoms. The predicted molar refractivity (Wildman–Crippen MR) is 124 cm³/mol. The number of hydrogen-bond donors (Lipinski definition) is 0. The third-order valence-electron chi connectivity index (χ3n) is 5.30. The fraction of sp³-hybridized carbons (Fsp3) is 0.304. The Hall–Kier alpha value is -3.13. The largest absolute Gasteiger partial charge is 0.493 e. The SMILES string of the molecule is COc1ccc(/C=C2/SC(N3CCN(c4ccccc4)CC3)=NC2=O)c(OC)c1OC. The van der Waals surface area contributed by atoms with Crippen LogP contribution in [0.25, 0.3) is 6.08 Å². The number of carbonyl (C=O) groups excluding carboxylic acids is 1. The molecule has 0 aromatic heterocycles. The van der Waals surface area contributed by atoms with Crippen molar-refractivity contribution in [2.24, 2.45) is 4.99 Å². The summed E-state index contributed by atoms with van der Waals surface area (Å²) in [7, 11) is 4.70. The Balaban J connectivity index is 1.47. The average molecular weight is 440 g/mol. The molecule has 2 aromatic carbocycles. The van der Waals surface area contributed by atoms with Crippen molar-refractivity contribution in [2.45, 2.75) is 0 Å². The van der Waals surface area contributed by atoms with Gasteiger partial charge in [0, 0.05) is 37.4 Å². The van der Waals surface area contributed by atoms with Crippen molar-refractivity contribution in [2.75, 3.05) is 52.4 Å². The Morgan fingerprint density at radius 3 is 2.19 bits per heavy atom. The van der Waals surface area contributed by atoms with E-state index in [9.17, 15) is 4.79 Å². The molecule has 0 unspecified atom stereocenters. The number of para-hydroxylation sites is 1. The van der Waals surface area contributed by atoms with E-state index in [-0.39, 0.29) is 5.91 Å². The molecule has 1 saturated heterocycles. The first-order valence-corrected chi connectivity index (χ1v) is 10.8. The number of nitrogens with zero attached hydrogens (tertiary/aromatic N) is 3. The second-order valence-electron chi connectivity index (χ2n) is 7.04. The van der Waals surface area contributed by atoms with E-state index in [1.165, 1.54) is 17.4 Å². The van der Waals surface area contributed by atoms with Gasteiger partial charge in [-0.15, -0.1) is 0 Å². The second kappa shape index (κ2) is 9.34. The van der Waals surface area contributed by atoms with E-state index in [2.05, 4.69) is 39.1 Å². The van der Waals surface area contributed by atoms with Gasteiger partial charge in [-0.05, 0) is 42.1 Å². The monoisotopic (exact) mass is 439 g/mol. The summed E-state index contributed by atoms with van der Waals surface area (Å²) < 4.78 is 16.3. The fourth-order valence-electron chi connectivity index (χ4n) is 3.71. The zero-order valence-corrected chi connectivity index (χ0v) is 18.6. The van der Waals surface area contributed by atoms with Gasteiger partial charge in [-0.25, -0.2) is 0 Å². The lowest BCUT2D eigenvalue weighted by atomic mass is 10.1. The molecule has 2 aliphatic rings. The van der Waals surface area contributed by atoms with Crippen LogP contribution in [0.5, 0.6) is 17.2 Å². The lowest BCUT2D eigenvalue weighted by Gasteiger charge is -2.36. The van der Waals surface area contributed by atoms with Crippen LogP contribution < -0.4 is 19.1 Å². The Morgan fingerprint density at radius 2 is 1.55 bits per heavy atom. The van der Waals surface area contributed by atoms with Crippen molar-refractivity contribution in [1.82, 2.24) is 4.90 Å². The van der Waals surface area contributed by atoms with Gasteiger partial charge < -0.3 is 24.0 Å². The summed E-state index contributed by atoms with van der Waals surface area (Å²) in [6.07, 6.45) is 1.80. The van der Waals surface area contributed by atoms with E-state index in [0.717, 1.165) is 36.9 Å². The summed E-state index contributed by atoms with van der Waals surface area (Å²) in [5, 5.41) is 0.753. The molecular formula is C23H25N3O4S. The van der Waals surface area contributed by atoms with Crippen molar-refractivity contribution in [3.05, 3.63) is 52.9 Å². The number of hydrogen-bond acceptors (Lipinski definition) is 7. The smallest absolute Gasteiger partial charge is 0.286 e. The number of aliphatic imine (C=N–C) groups is 1. The van der Waals surface area contributed by atoms with Crippen LogP contribution in [0.4, 0.5) is 5.69 Å². The first-order valence-electron chi connectivity index (χ1n) is 10.0. The van der Waals surface area contributed by atoms with E-state index >= 15 is 0 Å². The highest BCUT2D eigenvalue weighted by atomic mass is 32.2. The Labute approximate surface area is 186 Å². The maximum atomic E-state index is 12.6. The van der Waals surface area contributed by atoms with Crippen molar-refractivity contribution in [3.63, 3.8) is 0 Å². The molecule has 7 nitrogen and oxygen atoms in total. The van der Waals surface area contributed by atoms with Crippen LogP contribution in [0, 0.1) is 0 Å². The highest BCUT2D eigenvalue weighted by Crippen LogP contribution is 2.42. The summed E-state index contributed by atoms with van der Waals surface area (Å²) in [6.45, 7) is 3.42. The van der Waals surface area contributed by atoms with Crippen LogP contribution in [-0.4, -0.2) is 63.5 Å². The highest BCUT2D eigenvalue weighted by Gasteiger charge is 2.29. The third kappa shape index (κ3) is 4.34. The predicted octanol–water partition coefficient (Wildman–Crippen LogP) is 3.50. The molecule has 1 fully saturated rings. The molecule has 2 aliphatic heterocycles. The quantitative estimate of drug-likeness (QED) is 0.661. The van der Waals surface area contributed by atoms with E-state index in [4.69, 9.17) is 14.2 Å². The van der Waals surface area contributed by atoms with Gasteiger partial charge in [0.25, 0.3) is 5.91 Å². The van der Waals surface area contributed by atoms with Gasteiger partial charge in [-0.2, -0.15) is 4.99 Å². The third-order valence-corrected chi connectivity index (χ3v) is 6.35. The molecule has 0 radical (unpaired) electrons. The van der Waals surface area contributed by atoms with Crippen LogP contribution in [0.15, 0.2) is 52.4 Å². The molecule has 2 aromatic rings. The zero-order chi connectivity index (χ0) is 21.8. The number of amides is 1. The molecule has 162 valence electrons. The number of methoxy groups -OCH3 is 3. The van der Waals surface area contributed by atoms with Crippen LogP contribution in [0.1, 0.15) is 5.56 Å². The number of piperazine rings is 1. The summed E-state index contributed by atoms with van der Waals surface area (Å²) in [5.41, 5.74) is 1.96. The topological polar surface area (TPSA) is 63.6 Å². The van der Waals surface area contributed by atoms with Crippen LogP contribution in [0.3, 0.4) is 0 Å². The Kier molecular flexibility index (Phi) is 6.36. The van der Waals surface area contributed by atoms with Crippen LogP contribution in [-0.2, 0) is 4.79 Å². The van der Waals surface area contributed by atoms with Gasteiger partial charge in [0.15, 0.2) is 16.7 Å². The van der Waals surface area contributed by atoms with Gasteiger partial charge in [0.2, 0.25) is 5.75 Å². The normalized spacial score (nSPS) is 17.7. The maximum absolute atomic E-state index is 12.6. The summed E-state index contributed by atoms with van der Waals surface area (Å²) in [6, 6.07) is 14.0. The summed E-state index contributed by atoms with van der Waals surface area (Å²) in [4.78, 5) is 22.0. The number of carbonyl (C=O) groups is 1. The second-order valence-corrected chi connectivity index (χ2v) is 8.05. The van der Waals surface area contributed by atoms with E-state index in [0.29, 0.717) is 22.2 Å². The van der Waals surface area contributed by atoms with Gasteiger partial charge in [0.1, 0.15) is 0 Å². The lowest BCUT2D eigenvalue weighted by molar-refractivity contribution is -0.113. The molecule has 0 bridgehead atoms. The minimum Gasteiger partial charge on any atom is -0.493 e. The number of anilines is 1. The number of thioether (sulfide) groups is 1. The molecule has 0 N–H and O–H groups in total. The first-order chi connectivity index (χ1) is 15.1. The van der Waals surface area contributed by atoms with Crippen LogP contribution >= 0.6 is 11.8 Å². The molecule has 8 heteroatoms. The van der Waals surface area contributed by atoms with E-state index in [1.54, 1.807) is 33.5 Å². The van der Waals surface area contributed by atoms with E-state index in [1.807, 2.05) is 12.1 Å². The van der Waals surface area contributed by atoms with Gasteiger partial charge >= 0.3 is 0 Å². The molecular weight excluding hydrogens is 414 g/mol. The molecule has 2 heterocycles. The fourth-order valence-corrected chi connectivity index (χ4v) is 4.66. The van der Waals surface area contributed by atoms with E-state index < -0.39 is 0 Å². The first kappa shape index (κ1) is 21.1. The van der Waals surface area contributed by atoms with Crippen molar-refractivity contribution < 1.29 is 19.0 Å². The Morgan fingerprint density at radius 1 is 0.871 bits per heavy atom. The lowest BCUT2D eigenvalue weighted by Crippen LogP contribution is -2.47. The number of benzene rings is 2. The molecule has 31 heavy (non-hydrogen) atoms. The summed E-state index contributed by atoms with van der Waals surface area (Å²) >= 11 is 1.40. The molecule has 4 rings (SSSR count).